The number of H-pyrrole nitrogens is 1. The highest BCUT2D eigenvalue weighted by atomic mass is 19.3. The minimum Gasteiger partial charge on any atom is -0.480 e. The Morgan fingerprint density at radius 1 is 1.69 bits per heavy atom. The number of nitro groups is 1. The van der Waals surface area contributed by atoms with Crippen molar-refractivity contribution in [1.29, 1.82) is 0 Å². The summed E-state index contributed by atoms with van der Waals surface area (Å²) in [7, 11) is 0. The van der Waals surface area contributed by atoms with Gasteiger partial charge in [0, 0.05) is 6.42 Å². The molecule has 2 N–H and O–H groups in total. The first-order chi connectivity index (χ1) is 7.33. The van der Waals surface area contributed by atoms with Crippen LogP contribution in [-0.2, 0) is 10.2 Å². The molecule has 1 heterocycles. The Labute approximate surface area is 86.2 Å². The molecule has 1 aliphatic carbocycles. The van der Waals surface area contributed by atoms with Crippen LogP contribution in [0.4, 0.5) is 14.5 Å². The van der Waals surface area contributed by atoms with Gasteiger partial charge in [0.2, 0.25) is 0 Å². The Hall–Kier alpha value is -2.06. The molecule has 1 unspecified atom stereocenters. The summed E-state index contributed by atoms with van der Waals surface area (Å²) in [4.78, 5) is 20.4. The van der Waals surface area contributed by atoms with Crippen molar-refractivity contribution in [2.24, 2.45) is 0 Å². The normalized spacial score (nSPS) is 26.4. The lowest BCUT2D eigenvalue weighted by Gasteiger charge is -2.07. The highest BCUT2D eigenvalue weighted by Gasteiger charge is 2.80. The maximum Gasteiger partial charge on any atom is 0.322 e. The fourth-order valence-corrected chi connectivity index (χ4v) is 1.63. The van der Waals surface area contributed by atoms with Gasteiger partial charge in [-0.05, 0) is 0 Å². The summed E-state index contributed by atoms with van der Waals surface area (Å²) in [6, 6.07) is 0. The number of hydrogen-bond donors (Lipinski definition) is 2. The van der Waals surface area contributed by atoms with Crippen molar-refractivity contribution < 1.29 is 23.6 Å². The van der Waals surface area contributed by atoms with Crippen LogP contribution in [0.5, 0.6) is 0 Å². The zero-order valence-electron chi connectivity index (χ0n) is 7.61. The van der Waals surface area contributed by atoms with Crippen molar-refractivity contribution in [2.45, 2.75) is 17.8 Å². The lowest BCUT2D eigenvalue weighted by Crippen LogP contribution is -2.28. The molecule has 0 amide bonds. The number of rotatable bonds is 3. The molecule has 0 bridgehead atoms. The van der Waals surface area contributed by atoms with Crippen molar-refractivity contribution in [3.63, 3.8) is 0 Å². The van der Waals surface area contributed by atoms with Crippen molar-refractivity contribution >= 4 is 11.7 Å². The molecule has 16 heavy (non-hydrogen) atoms. The molecule has 1 fully saturated rings. The van der Waals surface area contributed by atoms with E-state index in [-0.39, 0.29) is 0 Å². The molecule has 0 aliphatic heterocycles. The maximum atomic E-state index is 13.1. The Balaban J connectivity index is 2.56. The number of nitrogens with zero attached hydrogens (tertiary/aromatic N) is 2. The number of halogens is 2. The van der Waals surface area contributed by atoms with E-state index >= 15 is 0 Å². The van der Waals surface area contributed by atoms with Gasteiger partial charge in [0.25, 0.3) is 5.92 Å². The number of nitrogens with one attached hydrogen (secondary N) is 1. The minimum atomic E-state index is -3.49. The van der Waals surface area contributed by atoms with Crippen LogP contribution in [0.1, 0.15) is 12.1 Å². The number of carboxylic acid groups (broad SMARTS) is 1. The molecular formula is C7H5F2N3O4. The molecule has 2 rings (SSSR count). The van der Waals surface area contributed by atoms with Crippen LogP contribution in [0.3, 0.4) is 0 Å². The summed E-state index contributed by atoms with van der Waals surface area (Å²) in [5, 5.41) is 24.5. The molecule has 0 radical (unpaired) electrons. The zero-order valence-corrected chi connectivity index (χ0v) is 7.61. The fourth-order valence-electron chi connectivity index (χ4n) is 1.63. The van der Waals surface area contributed by atoms with E-state index in [1.165, 1.54) is 0 Å². The van der Waals surface area contributed by atoms with Crippen molar-refractivity contribution in [3.8, 4) is 0 Å². The molecule has 1 atom stereocenters. The first-order valence-electron chi connectivity index (χ1n) is 4.12. The quantitative estimate of drug-likeness (QED) is 0.589. The fraction of sp³-hybridized carbons (Fsp3) is 0.429. The summed E-state index contributed by atoms with van der Waals surface area (Å²) < 4.78 is 26.1. The minimum absolute atomic E-state index is 0.657. The van der Waals surface area contributed by atoms with Crippen molar-refractivity contribution in [3.05, 3.63) is 22.0 Å². The second kappa shape index (κ2) is 2.74. The third-order valence-corrected chi connectivity index (χ3v) is 2.59. The Morgan fingerprint density at radius 3 is 2.62 bits per heavy atom. The van der Waals surface area contributed by atoms with Crippen LogP contribution in [0.25, 0.3) is 0 Å². The van der Waals surface area contributed by atoms with E-state index in [1.807, 2.05) is 5.10 Å². The second-order valence-corrected chi connectivity index (χ2v) is 3.48. The Kier molecular flexibility index (Phi) is 1.79. The summed E-state index contributed by atoms with van der Waals surface area (Å²) in [5.74, 6) is -5.29. The third-order valence-electron chi connectivity index (χ3n) is 2.59. The van der Waals surface area contributed by atoms with E-state index in [1.54, 1.807) is 0 Å². The highest BCUT2D eigenvalue weighted by molar-refractivity contribution is 5.88. The van der Waals surface area contributed by atoms with Gasteiger partial charge in [-0.25, -0.2) is 8.78 Å². The number of hydrogen-bond acceptors (Lipinski definition) is 4. The van der Waals surface area contributed by atoms with Gasteiger partial charge in [0.1, 0.15) is 11.9 Å². The van der Waals surface area contributed by atoms with Crippen LogP contribution < -0.4 is 0 Å². The van der Waals surface area contributed by atoms with Gasteiger partial charge < -0.3 is 5.11 Å². The largest absolute Gasteiger partial charge is 0.480 e. The van der Waals surface area contributed by atoms with Crippen molar-refractivity contribution in [2.75, 3.05) is 0 Å². The number of aromatic nitrogens is 2. The molecule has 1 aromatic rings. The van der Waals surface area contributed by atoms with Gasteiger partial charge in [-0.3, -0.25) is 20.0 Å². The average molecular weight is 233 g/mol. The third kappa shape index (κ3) is 1.05. The van der Waals surface area contributed by atoms with Crippen molar-refractivity contribution in [1.82, 2.24) is 10.2 Å². The number of alkyl halides is 2. The lowest BCUT2D eigenvalue weighted by atomic mass is 10.0. The molecule has 86 valence electrons. The van der Waals surface area contributed by atoms with Crippen LogP contribution in [0.15, 0.2) is 6.20 Å². The SMILES string of the molecule is O=C(O)C1(c2[nH]ncc2[N+](=O)[O-])CC1(F)F. The van der Waals surface area contributed by atoms with E-state index < -0.39 is 40.0 Å². The number of carbonyl (C=O) groups is 1. The Bertz CT molecular complexity index is 486. The van der Waals surface area contributed by atoms with Gasteiger partial charge >= 0.3 is 11.7 Å². The van der Waals surface area contributed by atoms with Gasteiger partial charge in [0.05, 0.1) is 4.92 Å². The van der Waals surface area contributed by atoms with E-state index in [0.29, 0.717) is 6.20 Å². The summed E-state index contributed by atoms with van der Waals surface area (Å²) >= 11 is 0. The second-order valence-electron chi connectivity index (χ2n) is 3.48. The molecular weight excluding hydrogens is 228 g/mol. The van der Waals surface area contributed by atoms with Gasteiger partial charge in [-0.2, -0.15) is 5.10 Å². The first-order valence-corrected chi connectivity index (χ1v) is 4.12. The van der Waals surface area contributed by atoms with Gasteiger partial charge in [0.15, 0.2) is 5.41 Å². The Morgan fingerprint density at radius 2 is 2.25 bits per heavy atom. The molecule has 0 spiro atoms. The molecule has 1 aromatic heterocycles. The first kappa shape index (κ1) is 10.5. The smallest absolute Gasteiger partial charge is 0.322 e. The topological polar surface area (TPSA) is 109 Å². The maximum absolute atomic E-state index is 13.1. The van der Waals surface area contributed by atoms with Crippen LogP contribution in [0, 0.1) is 10.1 Å². The standard InChI is InChI=1S/C7H5F2N3O4/c8-7(9)2-6(7,5(13)14)4-3(12(15)16)1-10-11-4/h1H,2H2,(H,10,11)(H,13,14). The summed E-state index contributed by atoms with van der Waals surface area (Å²) in [5.41, 5.74) is -3.93. The zero-order chi connectivity index (χ0) is 12.1. The van der Waals surface area contributed by atoms with E-state index in [9.17, 15) is 23.7 Å². The van der Waals surface area contributed by atoms with Crippen LogP contribution in [0.2, 0.25) is 0 Å². The van der Waals surface area contributed by atoms with Gasteiger partial charge in [-0.15, -0.1) is 0 Å². The van der Waals surface area contributed by atoms with E-state index in [2.05, 4.69) is 5.10 Å². The van der Waals surface area contributed by atoms with E-state index in [0.717, 1.165) is 0 Å². The molecule has 1 aliphatic rings. The number of aliphatic carboxylic acids is 1. The molecule has 9 heteroatoms. The number of aromatic amines is 1. The monoisotopic (exact) mass is 233 g/mol. The van der Waals surface area contributed by atoms with Crippen LogP contribution >= 0.6 is 0 Å². The predicted octanol–water partition coefficient (Wildman–Crippen LogP) is 0.679. The molecule has 0 saturated heterocycles. The van der Waals surface area contributed by atoms with Gasteiger partial charge in [-0.1, -0.05) is 0 Å². The van der Waals surface area contributed by atoms with Crippen LogP contribution in [-0.4, -0.2) is 32.1 Å². The average Bonchev–Trinajstić information content (AvgIpc) is 2.61. The summed E-state index contributed by atoms with van der Waals surface area (Å²) in [6.45, 7) is 0. The van der Waals surface area contributed by atoms with E-state index in [4.69, 9.17) is 5.11 Å². The predicted molar refractivity (Wildman–Crippen MR) is 44.1 cm³/mol. The molecule has 7 nitrogen and oxygen atoms in total. The highest BCUT2D eigenvalue weighted by Crippen LogP contribution is 2.62. The lowest BCUT2D eigenvalue weighted by molar-refractivity contribution is -0.385. The molecule has 1 saturated carbocycles. The number of carboxylic acids is 1. The summed E-state index contributed by atoms with van der Waals surface area (Å²) in [6.07, 6.45) is -0.243. The molecule has 0 aromatic carbocycles.